The highest BCUT2D eigenvalue weighted by atomic mass is 35.5. The first-order valence-electron chi connectivity index (χ1n) is 7.86. The topological polar surface area (TPSA) is 76.6 Å². The number of nitrogens with one attached hydrogen (secondary N) is 1. The van der Waals surface area contributed by atoms with Crippen LogP contribution in [0, 0.1) is 6.92 Å². The molecule has 3 rings (SSSR count). The predicted molar refractivity (Wildman–Crippen MR) is 99.8 cm³/mol. The SMILES string of the molecule is Cc1ccc(/C=N\NC(=O)c2cccn(Cc3cccc(Cl)c3)c2=O)o1. The molecule has 2 aromatic heterocycles. The van der Waals surface area contributed by atoms with E-state index in [2.05, 4.69) is 10.5 Å². The quantitative estimate of drug-likeness (QED) is 0.554. The Morgan fingerprint density at radius 1 is 1.27 bits per heavy atom. The third-order valence-corrected chi connectivity index (χ3v) is 3.86. The Morgan fingerprint density at radius 3 is 2.85 bits per heavy atom. The third-order valence-electron chi connectivity index (χ3n) is 3.63. The first-order chi connectivity index (χ1) is 12.5. The standard InChI is InChI=1S/C19H16ClN3O3/c1-13-7-8-16(26-13)11-21-22-18(24)17-6-3-9-23(19(17)25)12-14-4-2-5-15(20)10-14/h2-11H,12H2,1H3,(H,22,24)/b21-11-. The van der Waals surface area contributed by atoms with Gasteiger partial charge in [0.1, 0.15) is 17.1 Å². The largest absolute Gasteiger partial charge is 0.460 e. The number of rotatable bonds is 5. The Hall–Kier alpha value is -3.12. The molecule has 0 saturated heterocycles. The maximum absolute atomic E-state index is 12.5. The molecule has 0 bridgehead atoms. The van der Waals surface area contributed by atoms with Crippen molar-refractivity contribution in [3.05, 3.63) is 92.8 Å². The van der Waals surface area contributed by atoms with Gasteiger partial charge < -0.3 is 8.98 Å². The number of halogens is 1. The highest BCUT2D eigenvalue weighted by Crippen LogP contribution is 2.11. The van der Waals surface area contributed by atoms with Crippen LogP contribution in [0.5, 0.6) is 0 Å². The van der Waals surface area contributed by atoms with Crippen molar-refractivity contribution in [2.75, 3.05) is 0 Å². The maximum Gasteiger partial charge on any atom is 0.276 e. The third kappa shape index (κ3) is 4.29. The van der Waals surface area contributed by atoms with Crippen LogP contribution < -0.4 is 11.0 Å². The van der Waals surface area contributed by atoms with E-state index in [9.17, 15) is 9.59 Å². The van der Waals surface area contributed by atoms with Gasteiger partial charge in [0, 0.05) is 11.2 Å². The molecule has 0 fully saturated rings. The first-order valence-corrected chi connectivity index (χ1v) is 8.24. The molecule has 1 amide bonds. The summed E-state index contributed by atoms with van der Waals surface area (Å²) in [7, 11) is 0. The Bertz CT molecular complexity index is 1020. The number of hydrogen-bond acceptors (Lipinski definition) is 4. The van der Waals surface area contributed by atoms with Gasteiger partial charge in [-0.05, 0) is 48.9 Å². The second-order valence-corrected chi connectivity index (χ2v) is 6.07. The average Bonchev–Trinajstić information content (AvgIpc) is 3.02. The van der Waals surface area contributed by atoms with Crippen LogP contribution in [0.3, 0.4) is 0 Å². The molecule has 0 saturated carbocycles. The van der Waals surface area contributed by atoms with Crippen LogP contribution in [0.4, 0.5) is 0 Å². The van der Waals surface area contributed by atoms with Crippen LogP contribution in [-0.2, 0) is 6.54 Å². The summed E-state index contributed by atoms with van der Waals surface area (Å²) >= 11 is 5.97. The normalized spacial score (nSPS) is 11.0. The molecule has 0 aliphatic rings. The number of aromatic nitrogens is 1. The summed E-state index contributed by atoms with van der Waals surface area (Å²) in [5.41, 5.74) is 2.79. The average molecular weight is 370 g/mol. The molecule has 0 radical (unpaired) electrons. The van der Waals surface area contributed by atoms with Gasteiger partial charge in [0.05, 0.1) is 12.8 Å². The van der Waals surface area contributed by atoms with Gasteiger partial charge in [0.15, 0.2) is 0 Å². The number of hydrazone groups is 1. The van der Waals surface area contributed by atoms with Crippen molar-refractivity contribution in [3.8, 4) is 0 Å². The van der Waals surface area contributed by atoms with Gasteiger partial charge in [0.2, 0.25) is 0 Å². The maximum atomic E-state index is 12.5. The van der Waals surface area contributed by atoms with Crippen molar-refractivity contribution < 1.29 is 9.21 Å². The fraction of sp³-hybridized carbons (Fsp3) is 0.105. The molecule has 0 unspecified atom stereocenters. The van der Waals surface area contributed by atoms with E-state index in [0.717, 1.165) is 11.3 Å². The molecule has 3 aromatic rings. The molecule has 1 N–H and O–H groups in total. The molecule has 2 heterocycles. The number of amides is 1. The lowest BCUT2D eigenvalue weighted by atomic mass is 10.2. The van der Waals surface area contributed by atoms with E-state index in [4.69, 9.17) is 16.0 Å². The number of nitrogens with zero attached hydrogens (tertiary/aromatic N) is 2. The zero-order chi connectivity index (χ0) is 18.5. The number of aryl methyl sites for hydroxylation is 1. The summed E-state index contributed by atoms with van der Waals surface area (Å²) in [6.07, 6.45) is 2.99. The number of carbonyl (C=O) groups excluding carboxylic acids is 1. The number of hydrogen-bond donors (Lipinski definition) is 1. The lowest BCUT2D eigenvalue weighted by molar-refractivity contribution is 0.0953. The highest BCUT2D eigenvalue weighted by Gasteiger charge is 2.11. The van der Waals surface area contributed by atoms with Gasteiger partial charge in [-0.15, -0.1) is 0 Å². The van der Waals surface area contributed by atoms with Crippen molar-refractivity contribution >= 4 is 23.7 Å². The zero-order valence-corrected chi connectivity index (χ0v) is 14.7. The molecule has 0 spiro atoms. The van der Waals surface area contributed by atoms with E-state index in [1.165, 1.54) is 16.8 Å². The molecule has 0 aliphatic heterocycles. The summed E-state index contributed by atoms with van der Waals surface area (Å²) in [6, 6.07) is 13.8. The van der Waals surface area contributed by atoms with Gasteiger partial charge in [-0.2, -0.15) is 5.10 Å². The number of benzene rings is 1. The monoisotopic (exact) mass is 369 g/mol. The molecule has 6 nitrogen and oxygen atoms in total. The minimum absolute atomic E-state index is 0.00213. The van der Waals surface area contributed by atoms with Gasteiger partial charge in [-0.1, -0.05) is 23.7 Å². The Kier molecular flexibility index (Phi) is 5.34. The molecule has 132 valence electrons. The van der Waals surface area contributed by atoms with Crippen molar-refractivity contribution in [3.63, 3.8) is 0 Å². The Balaban J connectivity index is 1.74. The van der Waals surface area contributed by atoms with E-state index < -0.39 is 11.5 Å². The van der Waals surface area contributed by atoms with Gasteiger partial charge >= 0.3 is 0 Å². The van der Waals surface area contributed by atoms with E-state index in [0.29, 0.717) is 17.3 Å². The summed E-state index contributed by atoms with van der Waals surface area (Å²) in [5, 5.41) is 4.40. The summed E-state index contributed by atoms with van der Waals surface area (Å²) in [4.78, 5) is 24.8. The fourth-order valence-electron chi connectivity index (χ4n) is 2.40. The number of pyridine rings is 1. The minimum atomic E-state index is -0.588. The smallest absolute Gasteiger partial charge is 0.276 e. The second-order valence-electron chi connectivity index (χ2n) is 5.63. The molecule has 0 atom stereocenters. The van der Waals surface area contributed by atoms with Crippen LogP contribution in [0.1, 0.15) is 27.4 Å². The van der Waals surface area contributed by atoms with Crippen LogP contribution in [-0.4, -0.2) is 16.7 Å². The zero-order valence-electron chi connectivity index (χ0n) is 14.0. The lowest BCUT2D eigenvalue weighted by Crippen LogP contribution is -2.30. The summed E-state index contributed by atoms with van der Waals surface area (Å²) in [6.45, 7) is 2.12. The number of carbonyl (C=O) groups is 1. The van der Waals surface area contributed by atoms with Gasteiger partial charge in [-0.3, -0.25) is 9.59 Å². The van der Waals surface area contributed by atoms with Crippen LogP contribution in [0.2, 0.25) is 5.02 Å². The van der Waals surface area contributed by atoms with Gasteiger partial charge in [-0.25, -0.2) is 5.43 Å². The van der Waals surface area contributed by atoms with Gasteiger partial charge in [0.25, 0.3) is 11.5 Å². The van der Waals surface area contributed by atoms with Crippen molar-refractivity contribution in [2.45, 2.75) is 13.5 Å². The molecule has 0 aliphatic carbocycles. The van der Waals surface area contributed by atoms with E-state index in [1.54, 1.807) is 36.5 Å². The summed E-state index contributed by atoms with van der Waals surface area (Å²) < 4.78 is 6.76. The molecular weight excluding hydrogens is 354 g/mol. The lowest BCUT2D eigenvalue weighted by Gasteiger charge is -2.08. The van der Waals surface area contributed by atoms with E-state index in [-0.39, 0.29) is 5.56 Å². The molecule has 1 aromatic carbocycles. The van der Waals surface area contributed by atoms with Crippen molar-refractivity contribution in [1.82, 2.24) is 9.99 Å². The van der Waals surface area contributed by atoms with E-state index in [1.807, 2.05) is 19.1 Å². The second kappa shape index (κ2) is 7.84. The van der Waals surface area contributed by atoms with Crippen molar-refractivity contribution in [1.29, 1.82) is 0 Å². The first kappa shape index (κ1) is 17.7. The summed E-state index contributed by atoms with van der Waals surface area (Å²) in [5.74, 6) is 0.661. The van der Waals surface area contributed by atoms with Crippen LogP contribution >= 0.6 is 11.6 Å². The number of furan rings is 1. The molecular formula is C19H16ClN3O3. The van der Waals surface area contributed by atoms with Crippen LogP contribution in [0.25, 0.3) is 0 Å². The Morgan fingerprint density at radius 2 is 2.12 bits per heavy atom. The molecule has 7 heteroatoms. The van der Waals surface area contributed by atoms with Crippen LogP contribution in [0.15, 0.2) is 69.0 Å². The minimum Gasteiger partial charge on any atom is -0.460 e. The fourth-order valence-corrected chi connectivity index (χ4v) is 2.62. The Labute approximate surface area is 154 Å². The highest BCUT2D eigenvalue weighted by molar-refractivity contribution is 6.30. The van der Waals surface area contributed by atoms with E-state index >= 15 is 0 Å². The van der Waals surface area contributed by atoms with Crippen molar-refractivity contribution in [2.24, 2.45) is 5.10 Å². The molecule has 26 heavy (non-hydrogen) atoms. The predicted octanol–water partition coefficient (Wildman–Crippen LogP) is 3.22.